The summed E-state index contributed by atoms with van der Waals surface area (Å²) in [4.78, 5) is 11.1. The molecule has 1 rings (SSSR count). The molecule has 0 bridgehead atoms. The Morgan fingerprint density at radius 1 is 0.913 bits per heavy atom. The molecule has 5 heteroatoms. The molecule has 0 N–H and O–H groups in total. The van der Waals surface area contributed by atoms with E-state index >= 15 is 0 Å². The summed E-state index contributed by atoms with van der Waals surface area (Å²) in [6, 6.07) is 9.66. The maximum atomic E-state index is 11.1. The third-order valence-corrected chi connectivity index (χ3v) is 3.08. The Balaban J connectivity index is 2.13. The Bertz CT molecular complexity index is 434. The van der Waals surface area contributed by atoms with Crippen molar-refractivity contribution >= 4 is 5.97 Å². The van der Waals surface area contributed by atoms with Gasteiger partial charge in [0.2, 0.25) is 0 Å². The Morgan fingerprint density at radius 2 is 1.48 bits per heavy atom. The lowest BCUT2D eigenvalue weighted by atomic mass is 10.3. The minimum absolute atomic E-state index is 0.0391. The number of hydrogen-bond acceptors (Lipinski definition) is 5. The van der Waals surface area contributed by atoms with Crippen molar-refractivity contribution in [3.8, 4) is 5.75 Å². The fourth-order valence-corrected chi connectivity index (χ4v) is 1.77. The Labute approximate surface area is 138 Å². The summed E-state index contributed by atoms with van der Waals surface area (Å²) < 4.78 is 22.1. The number of para-hydroxylation sites is 1. The van der Waals surface area contributed by atoms with E-state index in [1.54, 1.807) is 6.92 Å². The zero-order valence-corrected chi connectivity index (χ0v) is 14.5. The second-order valence-electron chi connectivity index (χ2n) is 5.57. The van der Waals surface area contributed by atoms with Crippen LogP contribution in [0.3, 0.4) is 0 Å². The molecule has 130 valence electrons. The standard InChI is InChI=1S/C18H28O5/c1-5-18(19)22-12-15(3)20-11-14(2)21-13-16(4)23-17-9-7-6-8-10-17/h6-10,14-16H,5,11-13H2,1-4H3. The van der Waals surface area contributed by atoms with Crippen LogP contribution < -0.4 is 4.74 Å². The number of esters is 1. The van der Waals surface area contributed by atoms with Gasteiger partial charge in [-0.05, 0) is 32.9 Å². The monoisotopic (exact) mass is 324 g/mol. The summed E-state index contributed by atoms with van der Waals surface area (Å²) in [5, 5.41) is 0. The molecule has 0 radical (unpaired) electrons. The predicted molar refractivity (Wildman–Crippen MR) is 88.6 cm³/mol. The van der Waals surface area contributed by atoms with E-state index in [2.05, 4.69) is 0 Å². The van der Waals surface area contributed by atoms with E-state index in [0.717, 1.165) is 5.75 Å². The molecular formula is C18H28O5. The number of hydrogen-bond donors (Lipinski definition) is 0. The molecule has 0 spiro atoms. The lowest BCUT2D eigenvalue weighted by Gasteiger charge is -2.20. The van der Waals surface area contributed by atoms with Crippen LogP contribution in [0.15, 0.2) is 30.3 Å². The second-order valence-corrected chi connectivity index (χ2v) is 5.57. The van der Waals surface area contributed by atoms with Crippen LogP contribution in [0, 0.1) is 0 Å². The van der Waals surface area contributed by atoms with E-state index in [0.29, 0.717) is 19.6 Å². The van der Waals surface area contributed by atoms with E-state index in [4.69, 9.17) is 18.9 Å². The van der Waals surface area contributed by atoms with Crippen molar-refractivity contribution in [1.29, 1.82) is 0 Å². The van der Waals surface area contributed by atoms with E-state index in [9.17, 15) is 4.79 Å². The molecule has 23 heavy (non-hydrogen) atoms. The first-order valence-electron chi connectivity index (χ1n) is 8.11. The molecule has 0 saturated heterocycles. The maximum Gasteiger partial charge on any atom is 0.305 e. The molecule has 0 fully saturated rings. The van der Waals surface area contributed by atoms with Crippen molar-refractivity contribution < 1.29 is 23.7 Å². The summed E-state index contributed by atoms with van der Waals surface area (Å²) in [7, 11) is 0. The summed E-state index contributed by atoms with van der Waals surface area (Å²) in [5.41, 5.74) is 0. The van der Waals surface area contributed by atoms with Gasteiger partial charge >= 0.3 is 5.97 Å². The summed E-state index contributed by atoms with van der Waals surface area (Å²) in [6.45, 7) is 8.75. The quantitative estimate of drug-likeness (QED) is 0.585. The number of ether oxygens (including phenoxy) is 4. The maximum absolute atomic E-state index is 11.1. The van der Waals surface area contributed by atoms with Gasteiger partial charge in [-0.25, -0.2) is 0 Å². The summed E-state index contributed by atoms with van der Waals surface area (Å²) in [5.74, 6) is 0.621. The highest BCUT2D eigenvalue weighted by Gasteiger charge is 2.11. The summed E-state index contributed by atoms with van der Waals surface area (Å²) in [6.07, 6.45) is 0.143. The third-order valence-electron chi connectivity index (χ3n) is 3.08. The van der Waals surface area contributed by atoms with Crippen LogP contribution in [-0.4, -0.2) is 44.1 Å². The van der Waals surface area contributed by atoms with Gasteiger partial charge in [0, 0.05) is 6.42 Å². The molecule has 1 aromatic rings. The van der Waals surface area contributed by atoms with E-state index in [1.807, 2.05) is 51.1 Å². The van der Waals surface area contributed by atoms with Crippen LogP contribution in [-0.2, 0) is 19.0 Å². The van der Waals surface area contributed by atoms with Gasteiger partial charge in [-0.1, -0.05) is 25.1 Å². The lowest BCUT2D eigenvalue weighted by molar-refractivity contribution is -0.148. The fraction of sp³-hybridized carbons (Fsp3) is 0.611. The van der Waals surface area contributed by atoms with Crippen molar-refractivity contribution in [1.82, 2.24) is 0 Å². The smallest absolute Gasteiger partial charge is 0.305 e. The number of carbonyl (C=O) groups is 1. The SMILES string of the molecule is CCC(=O)OCC(C)OCC(C)OCC(C)Oc1ccccc1. The molecule has 0 heterocycles. The van der Waals surface area contributed by atoms with Gasteiger partial charge in [0.25, 0.3) is 0 Å². The van der Waals surface area contributed by atoms with Crippen LogP contribution in [0.4, 0.5) is 0 Å². The van der Waals surface area contributed by atoms with Crippen LogP contribution in [0.5, 0.6) is 5.75 Å². The molecule has 5 nitrogen and oxygen atoms in total. The molecule has 0 saturated carbocycles. The normalized spacial score (nSPS) is 14.8. The molecule has 0 aromatic heterocycles. The first-order chi connectivity index (χ1) is 11.0. The Hall–Kier alpha value is -1.59. The average Bonchev–Trinajstić information content (AvgIpc) is 2.56. The highest BCUT2D eigenvalue weighted by molar-refractivity contribution is 5.68. The minimum Gasteiger partial charge on any atom is -0.488 e. The van der Waals surface area contributed by atoms with Crippen LogP contribution in [0.1, 0.15) is 34.1 Å². The summed E-state index contributed by atoms with van der Waals surface area (Å²) >= 11 is 0. The Morgan fingerprint density at radius 3 is 2.09 bits per heavy atom. The number of carbonyl (C=O) groups excluding carboxylic acids is 1. The third kappa shape index (κ3) is 9.21. The van der Waals surface area contributed by atoms with Gasteiger partial charge in [0.05, 0.1) is 25.4 Å². The first-order valence-corrected chi connectivity index (χ1v) is 8.11. The zero-order chi connectivity index (χ0) is 17.1. The highest BCUT2D eigenvalue weighted by atomic mass is 16.6. The molecule has 0 aliphatic rings. The Kier molecular flexibility index (Phi) is 9.33. The van der Waals surface area contributed by atoms with Crippen LogP contribution >= 0.6 is 0 Å². The molecule has 3 unspecified atom stereocenters. The van der Waals surface area contributed by atoms with E-state index < -0.39 is 0 Å². The predicted octanol–water partition coefficient (Wildman–Crippen LogP) is 3.22. The van der Waals surface area contributed by atoms with Crippen molar-refractivity contribution in [3.63, 3.8) is 0 Å². The van der Waals surface area contributed by atoms with Crippen molar-refractivity contribution in [2.75, 3.05) is 19.8 Å². The van der Waals surface area contributed by atoms with Gasteiger partial charge in [0.15, 0.2) is 0 Å². The van der Waals surface area contributed by atoms with E-state index in [1.165, 1.54) is 0 Å². The molecule has 1 aromatic carbocycles. The molecule has 0 aliphatic carbocycles. The van der Waals surface area contributed by atoms with Gasteiger partial charge in [-0.3, -0.25) is 4.79 Å². The van der Waals surface area contributed by atoms with Crippen molar-refractivity contribution in [2.45, 2.75) is 52.4 Å². The topological polar surface area (TPSA) is 54.0 Å². The molecule has 3 atom stereocenters. The molecule has 0 amide bonds. The molecular weight excluding hydrogens is 296 g/mol. The number of benzene rings is 1. The van der Waals surface area contributed by atoms with Gasteiger partial charge < -0.3 is 18.9 Å². The highest BCUT2D eigenvalue weighted by Crippen LogP contribution is 2.11. The lowest BCUT2D eigenvalue weighted by Crippen LogP contribution is -2.28. The van der Waals surface area contributed by atoms with Gasteiger partial charge in [-0.2, -0.15) is 0 Å². The second kappa shape index (κ2) is 11.0. The molecule has 0 aliphatic heterocycles. The first kappa shape index (κ1) is 19.5. The number of rotatable bonds is 11. The largest absolute Gasteiger partial charge is 0.488 e. The van der Waals surface area contributed by atoms with E-state index in [-0.39, 0.29) is 30.9 Å². The zero-order valence-electron chi connectivity index (χ0n) is 14.5. The fourth-order valence-electron chi connectivity index (χ4n) is 1.77. The average molecular weight is 324 g/mol. The van der Waals surface area contributed by atoms with Gasteiger partial charge in [-0.15, -0.1) is 0 Å². The van der Waals surface area contributed by atoms with Gasteiger partial charge in [0.1, 0.15) is 18.5 Å². The van der Waals surface area contributed by atoms with Crippen LogP contribution in [0.25, 0.3) is 0 Å². The van der Waals surface area contributed by atoms with Crippen LogP contribution in [0.2, 0.25) is 0 Å². The minimum atomic E-state index is -0.211. The van der Waals surface area contributed by atoms with Crippen molar-refractivity contribution in [2.24, 2.45) is 0 Å². The van der Waals surface area contributed by atoms with Crippen molar-refractivity contribution in [3.05, 3.63) is 30.3 Å².